The quantitative estimate of drug-likeness (QED) is 0.792. The molecule has 1 atom stereocenters. The minimum atomic E-state index is 0.564. The molecule has 0 saturated carbocycles. The summed E-state index contributed by atoms with van der Waals surface area (Å²) in [4.78, 5) is 2.37. The SMILES string of the molecule is CNC(CN(C)Cc1ccccc1)C(C)C. The third-order valence-electron chi connectivity index (χ3n) is 2.98. The first-order valence-electron chi connectivity index (χ1n) is 6.03. The molecule has 90 valence electrons. The van der Waals surface area contributed by atoms with Gasteiger partial charge in [-0.3, -0.25) is 0 Å². The van der Waals surface area contributed by atoms with E-state index in [1.165, 1.54) is 5.56 Å². The van der Waals surface area contributed by atoms with Crippen LogP contribution in [0.15, 0.2) is 30.3 Å². The van der Waals surface area contributed by atoms with E-state index in [9.17, 15) is 0 Å². The number of rotatable bonds is 6. The maximum Gasteiger partial charge on any atom is 0.0231 e. The van der Waals surface area contributed by atoms with Crippen LogP contribution in [0.1, 0.15) is 19.4 Å². The van der Waals surface area contributed by atoms with Crippen molar-refractivity contribution in [1.82, 2.24) is 10.2 Å². The molecular formula is C14H24N2. The molecule has 2 heteroatoms. The zero-order chi connectivity index (χ0) is 12.0. The predicted molar refractivity (Wildman–Crippen MR) is 70.5 cm³/mol. The van der Waals surface area contributed by atoms with Crippen molar-refractivity contribution in [2.45, 2.75) is 26.4 Å². The maximum atomic E-state index is 3.38. The number of nitrogens with one attached hydrogen (secondary N) is 1. The van der Waals surface area contributed by atoms with Crippen molar-refractivity contribution in [2.75, 3.05) is 20.6 Å². The molecule has 0 bridgehead atoms. The van der Waals surface area contributed by atoms with Gasteiger partial charge in [-0.15, -0.1) is 0 Å². The van der Waals surface area contributed by atoms with Gasteiger partial charge in [0.05, 0.1) is 0 Å². The Morgan fingerprint density at radius 2 is 1.81 bits per heavy atom. The third kappa shape index (κ3) is 4.33. The summed E-state index contributed by atoms with van der Waals surface area (Å²) in [5.74, 6) is 0.670. The van der Waals surface area contributed by atoms with Gasteiger partial charge in [0.2, 0.25) is 0 Å². The Hall–Kier alpha value is -0.860. The molecule has 0 fully saturated rings. The van der Waals surface area contributed by atoms with Crippen LogP contribution in [0.2, 0.25) is 0 Å². The predicted octanol–water partition coefficient (Wildman–Crippen LogP) is 2.36. The molecule has 0 amide bonds. The number of hydrogen-bond acceptors (Lipinski definition) is 2. The van der Waals surface area contributed by atoms with Crippen molar-refractivity contribution in [3.8, 4) is 0 Å². The number of nitrogens with zero attached hydrogens (tertiary/aromatic N) is 1. The van der Waals surface area contributed by atoms with Crippen LogP contribution in [0.5, 0.6) is 0 Å². The summed E-state index contributed by atoms with van der Waals surface area (Å²) in [6.07, 6.45) is 0. The van der Waals surface area contributed by atoms with Crippen molar-refractivity contribution in [3.63, 3.8) is 0 Å². The minimum Gasteiger partial charge on any atom is -0.315 e. The Kier molecular flexibility index (Phi) is 5.50. The molecule has 2 nitrogen and oxygen atoms in total. The van der Waals surface area contributed by atoms with E-state index in [4.69, 9.17) is 0 Å². The minimum absolute atomic E-state index is 0.564. The van der Waals surface area contributed by atoms with Gasteiger partial charge in [0, 0.05) is 19.1 Å². The summed E-state index contributed by atoms with van der Waals surface area (Å²) in [7, 11) is 4.22. The summed E-state index contributed by atoms with van der Waals surface area (Å²) in [6.45, 7) is 6.63. The maximum absolute atomic E-state index is 3.38. The van der Waals surface area contributed by atoms with Crippen molar-refractivity contribution >= 4 is 0 Å². The molecule has 1 rings (SSSR count). The van der Waals surface area contributed by atoms with Crippen molar-refractivity contribution in [2.24, 2.45) is 5.92 Å². The molecular weight excluding hydrogens is 196 g/mol. The van der Waals surface area contributed by atoms with Crippen LogP contribution in [0.3, 0.4) is 0 Å². The molecule has 0 radical (unpaired) electrons. The highest BCUT2D eigenvalue weighted by atomic mass is 15.1. The van der Waals surface area contributed by atoms with Gasteiger partial charge in [0.15, 0.2) is 0 Å². The lowest BCUT2D eigenvalue weighted by atomic mass is 10.0. The first-order chi connectivity index (χ1) is 7.63. The van der Waals surface area contributed by atoms with Gasteiger partial charge in [-0.05, 0) is 25.6 Å². The van der Waals surface area contributed by atoms with E-state index in [-0.39, 0.29) is 0 Å². The molecule has 1 N–H and O–H groups in total. The van der Waals surface area contributed by atoms with E-state index in [1.54, 1.807) is 0 Å². The molecule has 0 saturated heterocycles. The summed E-state index contributed by atoms with van der Waals surface area (Å²) in [6, 6.07) is 11.2. The van der Waals surface area contributed by atoms with Gasteiger partial charge in [-0.25, -0.2) is 0 Å². The second kappa shape index (κ2) is 6.66. The first kappa shape index (κ1) is 13.2. The Morgan fingerprint density at radius 1 is 1.19 bits per heavy atom. The van der Waals surface area contributed by atoms with E-state index in [0.717, 1.165) is 13.1 Å². The van der Waals surface area contributed by atoms with Gasteiger partial charge in [0.25, 0.3) is 0 Å². The van der Waals surface area contributed by atoms with Gasteiger partial charge in [-0.2, -0.15) is 0 Å². The Balaban J connectivity index is 2.44. The number of benzene rings is 1. The van der Waals surface area contributed by atoms with Crippen LogP contribution >= 0.6 is 0 Å². The normalized spacial score (nSPS) is 13.4. The molecule has 1 unspecified atom stereocenters. The second-order valence-corrected chi connectivity index (χ2v) is 4.82. The first-order valence-corrected chi connectivity index (χ1v) is 6.03. The molecule has 0 spiro atoms. The molecule has 0 heterocycles. The van der Waals surface area contributed by atoms with Crippen LogP contribution < -0.4 is 5.32 Å². The molecule has 0 aromatic heterocycles. The smallest absolute Gasteiger partial charge is 0.0231 e. The Bertz CT molecular complexity index is 282. The second-order valence-electron chi connectivity index (χ2n) is 4.82. The van der Waals surface area contributed by atoms with Gasteiger partial charge < -0.3 is 10.2 Å². The van der Waals surface area contributed by atoms with Gasteiger partial charge >= 0.3 is 0 Å². The summed E-state index contributed by atoms with van der Waals surface area (Å²) >= 11 is 0. The van der Waals surface area contributed by atoms with Crippen molar-refractivity contribution in [1.29, 1.82) is 0 Å². The Morgan fingerprint density at radius 3 is 2.31 bits per heavy atom. The third-order valence-corrected chi connectivity index (χ3v) is 2.98. The van der Waals surface area contributed by atoms with Crippen molar-refractivity contribution in [3.05, 3.63) is 35.9 Å². The molecule has 1 aromatic rings. The van der Waals surface area contributed by atoms with E-state index < -0.39 is 0 Å². The summed E-state index contributed by atoms with van der Waals surface area (Å²) in [5.41, 5.74) is 1.38. The van der Waals surface area contributed by atoms with E-state index in [0.29, 0.717) is 12.0 Å². The standard InChI is InChI=1S/C14H24N2/c1-12(2)14(15-3)11-16(4)10-13-8-6-5-7-9-13/h5-9,12,14-15H,10-11H2,1-4H3. The average Bonchev–Trinajstić information content (AvgIpc) is 2.27. The van der Waals surface area contributed by atoms with Gasteiger partial charge in [0.1, 0.15) is 0 Å². The largest absolute Gasteiger partial charge is 0.315 e. The van der Waals surface area contributed by atoms with Crippen molar-refractivity contribution < 1.29 is 0 Å². The van der Waals surface area contributed by atoms with Crippen LogP contribution in [-0.4, -0.2) is 31.6 Å². The lowest BCUT2D eigenvalue weighted by Crippen LogP contribution is -2.40. The van der Waals surface area contributed by atoms with E-state index in [2.05, 4.69) is 61.4 Å². The van der Waals surface area contributed by atoms with Crippen LogP contribution in [0.4, 0.5) is 0 Å². The average molecular weight is 220 g/mol. The van der Waals surface area contributed by atoms with Gasteiger partial charge in [-0.1, -0.05) is 44.2 Å². The molecule has 16 heavy (non-hydrogen) atoms. The lowest BCUT2D eigenvalue weighted by Gasteiger charge is -2.26. The highest BCUT2D eigenvalue weighted by Gasteiger charge is 2.13. The molecule has 1 aromatic carbocycles. The fraction of sp³-hybridized carbons (Fsp3) is 0.571. The monoisotopic (exact) mass is 220 g/mol. The van der Waals surface area contributed by atoms with Crippen LogP contribution in [0, 0.1) is 5.92 Å². The van der Waals surface area contributed by atoms with Crippen LogP contribution in [-0.2, 0) is 6.54 Å². The topological polar surface area (TPSA) is 15.3 Å². The Labute approximate surface area is 99.7 Å². The fourth-order valence-corrected chi connectivity index (χ4v) is 1.93. The number of likely N-dealkylation sites (N-methyl/N-ethyl adjacent to an activating group) is 2. The fourth-order valence-electron chi connectivity index (χ4n) is 1.93. The zero-order valence-electron chi connectivity index (χ0n) is 10.9. The zero-order valence-corrected chi connectivity index (χ0v) is 10.9. The van der Waals surface area contributed by atoms with E-state index in [1.807, 2.05) is 7.05 Å². The lowest BCUT2D eigenvalue weighted by molar-refractivity contribution is 0.256. The molecule has 0 aliphatic carbocycles. The molecule has 0 aliphatic heterocycles. The summed E-state index contributed by atoms with van der Waals surface area (Å²) in [5, 5.41) is 3.38. The highest BCUT2D eigenvalue weighted by Crippen LogP contribution is 2.06. The summed E-state index contributed by atoms with van der Waals surface area (Å²) < 4.78 is 0. The van der Waals surface area contributed by atoms with Crippen LogP contribution in [0.25, 0.3) is 0 Å². The molecule has 0 aliphatic rings. The highest BCUT2D eigenvalue weighted by molar-refractivity contribution is 5.14. The number of hydrogen-bond donors (Lipinski definition) is 1. The van der Waals surface area contributed by atoms with E-state index >= 15 is 0 Å².